The number of allylic oxidation sites excluding steroid dienone is 1. The van der Waals surface area contributed by atoms with Crippen molar-refractivity contribution in [2.75, 3.05) is 10.6 Å². The number of aryl methyl sites for hydroxylation is 1. The van der Waals surface area contributed by atoms with Crippen LogP contribution >= 0.6 is 0 Å². The normalized spacial score (nSPS) is 10.5. The predicted molar refractivity (Wildman–Crippen MR) is 89.0 cm³/mol. The second kappa shape index (κ2) is 7.22. The van der Waals surface area contributed by atoms with Gasteiger partial charge in [0.25, 0.3) is 0 Å². The number of anilines is 2. The molecule has 2 rings (SSSR count). The number of amides is 1. The summed E-state index contributed by atoms with van der Waals surface area (Å²) in [5, 5.41) is 5.72. The van der Waals surface area contributed by atoms with Crippen LogP contribution < -0.4 is 10.6 Å². The molecule has 0 atom stereocenters. The number of carbonyl (C=O) groups is 2. The molecular formula is C18H18N2O2. The summed E-state index contributed by atoms with van der Waals surface area (Å²) >= 11 is 0. The first-order valence-electron chi connectivity index (χ1n) is 6.96. The average Bonchev–Trinajstić information content (AvgIpc) is 2.48. The molecule has 4 nitrogen and oxygen atoms in total. The van der Waals surface area contributed by atoms with Crippen molar-refractivity contribution in [1.29, 1.82) is 0 Å². The van der Waals surface area contributed by atoms with Crippen molar-refractivity contribution in [3.8, 4) is 0 Å². The van der Waals surface area contributed by atoms with Gasteiger partial charge in [-0.05, 0) is 37.3 Å². The third kappa shape index (κ3) is 4.59. The Bertz CT molecular complexity index is 703. The molecule has 0 bridgehead atoms. The van der Waals surface area contributed by atoms with E-state index in [1.807, 2.05) is 37.3 Å². The zero-order chi connectivity index (χ0) is 15.9. The third-order valence-corrected chi connectivity index (χ3v) is 2.99. The Labute approximate surface area is 129 Å². The number of rotatable bonds is 5. The van der Waals surface area contributed by atoms with Crippen molar-refractivity contribution in [3.05, 3.63) is 71.9 Å². The van der Waals surface area contributed by atoms with Crippen LogP contribution in [0.3, 0.4) is 0 Å². The van der Waals surface area contributed by atoms with E-state index in [4.69, 9.17) is 0 Å². The predicted octanol–water partition coefficient (Wildman–Crippen LogP) is 3.76. The highest BCUT2D eigenvalue weighted by Gasteiger charge is 2.01. The van der Waals surface area contributed by atoms with Gasteiger partial charge in [-0.2, -0.15) is 0 Å². The highest BCUT2D eigenvalue weighted by atomic mass is 16.1. The summed E-state index contributed by atoms with van der Waals surface area (Å²) in [6.07, 6.45) is 3.11. The van der Waals surface area contributed by atoms with Crippen molar-refractivity contribution < 1.29 is 9.59 Å². The molecule has 2 aromatic carbocycles. The first-order chi connectivity index (χ1) is 10.5. The fourth-order valence-corrected chi connectivity index (χ4v) is 1.96. The highest BCUT2D eigenvalue weighted by Crippen LogP contribution is 2.13. The van der Waals surface area contributed by atoms with Crippen LogP contribution in [0.4, 0.5) is 11.4 Å². The SMILES string of the molecule is CC(=O)Nc1ccc(N/C=C/C(=O)c2cccc(C)c2)cc1. The van der Waals surface area contributed by atoms with E-state index in [1.165, 1.54) is 13.0 Å². The summed E-state index contributed by atoms with van der Waals surface area (Å²) < 4.78 is 0. The molecule has 112 valence electrons. The van der Waals surface area contributed by atoms with E-state index in [1.54, 1.807) is 24.4 Å². The van der Waals surface area contributed by atoms with Crippen LogP contribution in [0.2, 0.25) is 0 Å². The fourth-order valence-electron chi connectivity index (χ4n) is 1.96. The average molecular weight is 294 g/mol. The summed E-state index contributed by atoms with van der Waals surface area (Å²) in [6.45, 7) is 3.42. The Kier molecular flexibility index (Phi) is 5.09. The Morgan fingerprint density at radius 2 is 1.68 bits per heavy atom. The molecule has 0 unspecified atom stereocenters. The molecule has 0 heterocycles. The monoisotopic (exact) mass is 294 g/mol. The van der Waals surface area contributed by atoms with E-state index < -0.39 is 0 Å². The standard InChI is InChI=1S/C18H18N2O2/c1-13-4-3-5-15(12-13)18(22)10-11-19-16-6-8-17(9-7-16)20-14(2)21/h3-12,19H,1-2H3,(H,20,21)/b11-10+. The van der Waals surface area contributed by atoms with Crippen LogP contribution in [-0.2, 0) is 4.79 Å². The lowest BCUT2D eigenvalue weighted by molar-refractivity contribution is -0.114. The molecule has 4 heteroatoms. The summed E-state index contributed by atoms with van der Waals surface area (Å²) in [4.78, 5) is 22.9. The molecule has 2 N–H and O–H groups in total. The van der Waals surface area contributed by atoms with Crippen molar-refractivity contribution >= 4 is 23.1 Å². The molecule has 22 heavy (non-hydrogen) atoms. The fraction of sp³-hybridized carbons (Fsp3) is 0.111. The quantitative estimate of drug-likeness (QED) is 0.652. The number of nitrogens with one attached hydrogen (secondary N) is 2. The largest absolute Gasteiger partial charge is 0.362 e. The molecule has 0 fully saturated rings. The lowest BCUT2D eigenvalue weighted by Gasteiger charge is -2.04. The number of carbonyl (C=O) groups excluding carboxylic acids is 2. The lowest BCUT2D eigenvalue weighted by Crippen LogP contribution is -2.05. The summed E-state index contributed by atoms with van der Waals surface area (Å²) in [6, 6.07) is 14.7. The molecule has 0 saturated heterocycles. The van der Waals surface area contributed by atoms with Gasteiger partial charge in [0.1, 0.15) is 0 Å². The Balaban J connectivity index is 1.94. The summed E-state index contributed by atoms with van der Waals surface area (Å²) in [5.74, 6) is -0.157. The topological polar surface area (TPSA) is 58.2 Å². The third-order valence-electron chi connectivity index (χ3n) is 2.99. The Morgan fingerprint density at radius 1 is 1.00 bits per heavy atom. The molecule has 0 aromatic heterocycles. The molecule has 0 aliphatic carbocycles. The van der Waals surface area contributed by atoms with Gasteiger partial charge < -0.3 is 10.6 Å². The van der Waals surface area contributed by atoms with Crippen LogP contribution in [0.5, 0.6) is 0 Å². The van der Waals surface area contributed by atoms with E-state index in [-0.39, 0.29) is 11.7 Å². The maximum atomic E-state index is 12.0. The molecule has 2 aromatic rings. The van der Waals surface area contributed by atoms with Gasteiger partial charge >= 0.3 is 0 Å². The maximum absolute atomic E-state index is 12.0. The smallest absolute Gasteiger partial charge is 0.221 e. The summed E-state index contributed by atoms with van der Waals surface area (Å²) in [7, 11) is 0. The molecule has 0 saturated carbocycles. The minimum atomic E-state index is -0.107. The van der Waals surface area contributed by atoms with E-state index in [9.17, 15) is 9.59 Å². The van der Waals surface area contributed by atoms with Crippen molar-refractivity contribution in [3.63, 3.8) is 0 Å². The minimum Gasteiger partial charge on any atom is -0.362 e. The molecule has 0 radical (unpaired) electrons. The molecular weight excluding hydrogens is 276 g/mol. The second-order valence-corrected chi connectivity index (χ2v) is 4.97. The Morgan fingerprint density at radius 3 is 2.32 bits per heavy atom. The molecule has 0 aliphatic heterocycles. The van der Waals surface area contributed by atoms with Gasteiger partial charge in [0.05, 0.1) is 0 Å². The van der Waals surface area contributed by atoms with Crippen molar-refractivity contribution in [1.82, 2.24) is 0 Å². The number of hydrogen-bond acceptors (Lipinski definition) is 3. The van der Waals surface area contributed by atoms with E-state index in [0.717, 1.165) is 16.9 Å². The zero-order valence-corrected chi connectivity index (χ0v) is 12.6. The zero-order valence-electron chi connectivity index (χ0n) is 12.6. The number of ketones is 1. The highest BCUT2D eigenvalue weighted by molar-refractivity contribution is 6.04. The van der Waals surface area contributed by atoms with Gasteiger partial charge in [0.2, 0.25) is 5.91 Å². The van der Waals surface area contributed by atoms with Gasteiger partial charge in [-0.3, -0.25) is 9.59 Å². The minimum absolute atomic E-state index is 0.0499. The Hall–Kier alpha value is -2.88. The van der Waals surface area contributed by atoms with Crippen molar-refractivity contribution in [2.45, 2.75) is 13.8 Å². The first-order valence-corrected chi connectivity index (χ1v) is 6.96. The van der Waals surface area contributed by atoms with Gasteiger partial charge in [0.15, 0.2) is 5.78 Å². The van der Waals surface area contributed by atoms with Crippen LogP contribution in [-0.4, -0.2) is 11.7 Å². The first kappa shape index (κ1) is 15.5. The van der Waals surface area contributed by atoms with Gasteiger partial charge in [0, 0.05) is 36.1 Å². The van der Waals surface area contributed by atoms with Gasteiger partial charge in [-0.15, -0.1) is 0 Å². The maximum Gasteiger partial charge on any atom is 0.221 e. The lowest BCUT2D eigenvalue weighted by atomic mass is 10.1. The summed E-state index contributed by atoms with van der Waals surface area (Å²) in [5.41, 5.74) is 3.29. The second-order valence-electron chi connectivity index (χ2n) is 4.97. The van der Waals surface area contributed by atoms with E-state index in [0.29, 0.717) is 5.56 Å². The van der Waals surface area contributed by atoms with Crippen molar-refractivity contribution in [2.24, 2.45) is 0 Å². The van der Waals surface area contributed by atoms with E-state index >= 15 is 0 Å². The molecule has 1 amide bonds. The van der Waals surface area contributed by atoms with Gasteiger partial charge in [-0.1, -0.05) is 23.8 Å². The van der Waals surface area contributed by atoms with E-state index in [2.05, 4.69) is 10.6 Å². The van der Waals surface area contributed by atoms with Crippen LogP contribution in [0, 0.1) is 6.92 Å². The van der Waals surface area contributed by atoms with Crippen LogP contribution in [0.25, 0.3) is 0 Å². The number of hydrogen-bond donors (Lipinski definition) is 2. The van der Waals surface area contributed by atoms with Crippen LogP contribution in [0.15, 0.2) is 60.8 Å². The number of benzene rings is 2. The van der Waals surface area contributed by atoms with Gasteiger partial charge in [-0.25, -0.2) is 0 Å². The molecule has 0 aliphatic rings. The molecule has 0 spiro atoms. The van der Waals surface area contributed by atoms with Crippen LogP contribution in [0.1, 0.15) is 22.8 Å².